The van der Waals surface area contributed by atoms with Crippen molar-refractivity contribution < 1.29 is 9.13 Å². The van der Waals surface area contributed by atoms with Crippen LogP contribution >= 0.6 is 0 Å². The Morgan fingerprint density at radius 2 is 2.19 bits per heavy atom. The molecule has 3 aromatic heterocycles. The number of hydrogen-bond acceptors (Lipinski definition) is 5. The first-order valence-corrected chi connectivity index (χ1v) is 10.1. The third-order valence-corrected chi connectivity index (χ3v) is 5.50. The van der Waals surface area contributed by atoms with Gasteiger partial charge < -0.3 is 9.72 Å². The Bertz CT molecular complexity index is 1270. The molecule has 0 aliphatic rings. The Morgan fingerprint density at radius 3 is 2.89 bits per heavy atom. The van der Waals surface area contributed by atoms with Crippen molar-refractivity contribution in [1.29, 1.82) is 0 Å². The van der Waals surface area contributed by atoms with Gasteiger partial charge in [0.1, 0.15) is 5.82 Å². The smallest absolute Gasteiger partial charge is 0.326 e. The summed E-state index contributed by atoms with van der Waals surface area (Å²) in [6, 6.07) is 8.12. The van der Waals surface area contributed by atoms with E-state index in [2.05, 4.69) is 15.0 Å². The van der Waals surface area contributed by atoms with Crippen molar-refractivity contribution in [3.05, 3.63) is 58.4 Å². The average Bonchev–Trinajstić information content (AvgIpc) is 2.96. The second kappa shape index (κ2) is 6.80. The second-order valence-electron chi connectivity index (χ2n) is 5.82. The van der Waals surface area contributed by atoms with Gasteiger partial charge in [-0.05, 0) is 44.6 Å². The SMILES string of the molecule is COc1ccc2c(ncc3[nH]c(=O)n(Cc4ccc(S(N)=S)c(F)c4)c32)n1. The molecule has 1 atom stereocenters. The summed E-state index contributed by atoms with van der Waals surface area (Å²) in [5.41, 5.74) is 1.97. The van der Waals surface area contributed by atoms with Gasteiger partial charge in [-0.25, -0.2) is 14.2 Å². The maximum absolute atomic E-state index is 14.2. The number of fused-ring (bicyclic) bond motifs is 3. The molecule has 1 unspecified atom stereocenters. The molecule has 4 aromatic rings. The second-order valence-corrected chi connectivity index (χ2v) is 7.94. The van der Waals surface area contributed by atoms with Crippen LogP contribution in [0.3, 0.4) is 0 Å². The van der Waals surface area contributed by atoms with Crippen LogP contribution in [0.15, 0.2) is 46.2 Å². The number of nitrogens with one attached hydrogen (secondary N) is 1. The number of nitrogens with zero attached hydrogens (tertiary/aromatic N) is 3. The number of methoxy groups -OCH3 is 1. The van der Waals surface area contributed by atoms with Gasteiger partial charge in [0, 0.05) is 11.5 Å². The van der Waals surface area contributed by atoms with E-state index in [9.17, 15) is 9.18 Å². The molecule has 0 saturated carbocycles. The zero-order chi connectivity index (χ0) is 19.1. The van der Waals surface area contributed by atoms with Gasteiger partial charge in [0.15, 0.2) is 5.65 Å². The van der Waals surface area contributed by atoms with Crippen LogP contribution in [0.25, 0.3) is 22.1 Å². The lowest BCUT2D eigenvalue weighted by Crippen LogP contribution is -2.17. The molecule has 0 fully saturated rings. The Balaban J connectivity index is 1.87. The van der Waals surface area contributed by atoms with E-state index in [1.807, 2.05) is 0 Å². The molecule has 0 aliphatic carbocycles. The van der Waals surface area contributed by atoms with Gasteiger partial charge in [0.2, 0.25) is 5.88 Å². The zero-order valence-corrected chi connectivity index (χ0v) is 15.7. The summed E-state index contributed by atoms with van der Waals surface area (Å²) >= 11 is 4.93. The molecule has 4 rings (SSSR count). The molecule has 3 N–H and O–H groups in total. The zero-order valence-electron chi connectivity index (χ0n) is 14.1. The number of imidazole rings is 1. The summed E-state index contributed by atoms with van der Waals surface area (Å²) in [6.07, 6.45) is 1.54. The quantitative estimate of drug-likeness (QED) is 0.539. The lowest BCUT2D eigenvalue weighted by molar-refractivity contribution is 0.399. The minimum atomic E-state index is -1.08. The Kier molecular flexibility index (Phi) is 4.46. The number of hydrogen-bond donors (Lipinski definition) is 2. The van der Waals surface area contributed by atoms with Crippen LogP contribution in [0.4, 0.5) is 4.39 Å². The maximum Gasteiger partial charge on any atom is 0.326 e. The average molecular weight is 403 g/mol. The monoisotopic (exact) mass is 403 g/mol. The summed E-state index contributed by atoms with van der Waals surface area (Å²) in [5.74, 6) is -0.0447. The highest BCUT2D eigenvalue weighted by atomic mass is 32.8. The number of halogens is 1. The van der Waals surface area contributed by atoms with Crippen LogP contribution in [0, 0.1) is 5.82 Å². The third kappa shape index (κ3) is 3.11. The van der Waals surface area contributed by atoms with Crippen LogP contribution in [-0.4, -0.2) is 26.6 Å². The van der Waals surface area contributed by atoms with Gasteiger partial charge in [0.05, 0.1) is 35.8 Å². The summed E-state index contributed by atoms with van der Waals surface area (Å²) in [5, 5.41) is 6.30. The van der Waals surface area contributed by atoms with Gasteiger partial charge in [-0.3, -0.25) is 9.71 Å². The fourth-order valence-electron chi connectivity index (χ4n) is 2.97. The van der Waals surface area contributed by atoms with Crippen molar-refractivity contribution in [2.24, 2.45) is 5.14 Å². The van der Waals surface area contributed by atoms with E-state index in [-0.39, 0.29) is 17.1 Å². The summed E-state index contributed by atoms with van der Waals surface area (Å²) in [6.45, 7) is 0.178. The molecule has 10 heteroatoms. The molecule has 0 bridgehead atoms. The van der Waals surface area contributed by atoms with E-state index in [1.54, 1.807) is 30.5 Å². The van der Waals surface area contributed by atoms with E-state index in [0.29, 0.717) is 33.5 Å². The van der Waals surface area contributed by atoms with Crippen LogP contribution in [-0.2, 0) is 27.4 Å². The normalized spacial score (nSPS) is 12.6. The van der Waals surface area contributed by atoms with E-state index < -0.39 is 15.5 Å². The molecule has 0 radical (unpaired) electrons. The van der Waals surface area contributed by atoms with Crippen molar-refractivity contribution in [1.82, 2.24) is 19.5 Å². The van der Waals surface area contributed by atoms with Gasteiger partial charge in [0.25, 0.3) is 0 Å². The largest absolute Gasteiger partial charge is 0.481 e. The van der Waals surface area contributed by atoms with Crippen LogP contribution in [0.5, 0.6) is 5.88 Å². The summed E-state index contributed by atoms with van der Waals surface area (Å²) in [4.78, 5) is 24.1. The maximum atomic E-state index is 14.2. The highest BCUT2D eigenvalue weighted by Crippen LogP contribution is 2.23. The molecule has 0 aliphatic heterocycles. The van der Waals surface area contributed by atoms with Gasteiger partial charge in [-0.1, -0.05) is 6.07 Å². The first kappa shape index (κ1) is 17.7. The van der Waals surface area contributed by atoms with Crippen molar-refractivity contribution in [2.75, 3.05) is 7.11 Å². The number of pyridine rings is 2. The lowest BCUT2D eigenvalue weighted by Gasteiger charge is -2.08. The fraction of sp³-hybridized carbons (Fsp3) is 0.118. The number of nitrogens with two attached hydrogens (primary N) is 1. The van der Waals surface area contributed by atoms with Crippen molar-refractivity contribution in [3.63, 3.8) is 0 Å². The molecule has 0 amide bonds. The standard InChI is InChI=1S/C17H14FN5O2S2/c1-25-14-5-3-10-15-12(7-20-16(10)22-14)21-17(24)23(15)8-9-2-4-13(27(19)26)11(18)6-9/h2-7H,8,19H2,1H3,(H,21,24). The Morgan fingerprint density at radius 1 is 1.37 bits per heavy atom. The number of aromatic nitrogens is 4. The molecular formula is C17H14FN5O2S2. The highest BCUT2D eigenvalue weighted by Gasteiger charge is 2.14. The molecule has 3 heterocycles. The first-order valence-electron chi connectivity index (χ1n) is 7.85. The third-order valence-electron chi connectivity index (χ3n) is 4.20. The predicted molar refractivity (Wildman–Crippen MR) is 105 cm³/mol. The van der Waals surface area contributed by atoms with E-state index >= 15 is 0 Å². The molecular weight excluding hydrogens is 389 g/mol. The Labute approximate surface area is 159 Å². The number of H-pyrrole nitrogens is 1. The lowest BCUT2D eigenvalue weighted by atomic mass is 10.2. The summed E-state index contributed by atoms with van der Waals surface area (Å²) < 4.78 is 20.9. The van der Waals surface area contributed by atoms with Crippen molar-refractivity contribution in [2.45, 2.75) is 11.4 Å². The highest BCUT2D eigenvalue weighted by molar-refractivity contribution is 8.27. The van der Waals surface area contributed by atoms with E-state index in [4.69, 9.17) is 21.1 Å². The molecule has 0 spiro atoms. The van der Waals surface area contributed by atoms with Crippen LogP contribution < -0.4 is 15.6 Å². The van der Waals surface area contributed by atoms with Gasteiger partial charge in [-0.15, -0.1) is 0 Å². The fourth-order valence-corrected chi connectivity index (χ4v) is 3.82. The number of rotatable bonds is 4. The predicted octanol–water partition coefficient (Wildman–Crippen LogP) is 1.78. The summed E-state index contributed by atoms with van der Waals surface area (Å²) in [7, 11) is 0.440. The van der Waals surface area contributed by atoms with Crippen molar-refractivity contribution >= 4 is 42.9 Å². The van der Waals surface area contributed by atoms with Crippen molar-refractivity contribution in [3.8, 4) is 5.88 Å². The minimum Gasteiger partial charge on any atom is -0.481 e. The molecule has 0 saturated heterocycles. The molecule has 1 aromatic carbocycles. The number of aromatic amines is 1. The molecule has 27 heavy (non-hydrogen) atoms. The topological polar surface area (TPSA) is 98.8 Å². The number of benzene rings is 1. The van der Waals surface area contributed by atoms with Crippen LogP contribution in [0.2, 0.25) is 0 Å². The number of ether oxygens (including phenoxy) is 1. The Hall–Kier alpha value is -2.69. The van der Waals surface area contributed by atoms with E-state index in [1.165, 1.54) is 17.7 Å². The minimum absolute atomic E-state index is 0.178. The molecule has 138 valence electrons. The molecule has 7 nitrogen and oxygen atoms in total. The van der Waals surface area contributed by atoms with Gasteiger partial charge in [-0.2, -0.15) is 4.98 Å². The van der Waals surface area contributed by atoms with Crippen LogP contribution in [0.1, 0.15) is 5.56 Å². The van der Waals surface area contributed by atoms with Gasteiger partial charge >= 0.3 is 5.69 Å². The van der Waals surface area contributed by atoms with E-state index in [0.717, 1.165) is 0 Å². The first-order chi connectivity index (χ1) is 13.0.